The molecule has 0 radical (unpaired) electrons. The van der Waals surface area contributed by atoms with E-state index in [9.17, 15) is 4.79 Å². The molecular formula is C11H14BrN3OS. The van der Waals surface area contributed by atoms with Gasteiger partial charge in [-0.25, -0.2) is 0 Å². The predicted octanol–water partition coefficient (Wildman–Crippen LogP) is 1.61. The first kappa shape index (κ1) is 14.1. The summed E-state index contributed by atoms with van der Waals surface area (Å²) < 4.78 is 0.973. The summed E-state index contributed by atoms with van der Waals surface area (Å²) in [6, 6.07) is 7.40. The fraction of sp³-hybridized carbons (Fsp3) is 0.273. The van der Waals surface area contributed by atoms with E-state index in [1.165, 1.54) is 0 Å². The van der Waals surface area contributed by atoms with Gasteiger partial charge in [0.1, 0.15) is 0 Å². The summed E-state index contributed by atoms with van der Waals surface area (Å²) in [5.41, 5.74) is 6.16. The van der Waals surface area contributed by atoms with Crippen LogP contribution >= 0.6 is 28.1 Å². The van der Waals surface area contributed by atoms with E-state index in [-0.39, 0.29) is 12.5 Å². The molecule has 0 aliphatic rings. The first-order valence-electron chi connectivity index (χ1n) is 4.99. The van der Waals surface area contributed by atoms with Crippen LogP contribution in [0.5, 0.6) is 0 Å². The molecule has 0 saturated carbocycles. The van der Waals surface area contributed by atoms with Crippen molar-refractivity contribution in [2.75, 3.05) is 25.5 Å². The number of carbonyl (C=O) groups excluding carboxylic acids is 1. The number of nitrogens with two attached hydrogens (primary N) is 1. The number of nitrogens with zero attached hydrogens (tertiary/aromatic N) is 1. The van der Waals surface area contributed by atoms with Gasteiger partial charge in [0.15, 0.2) is 0 Å². The minimum absolute atomic E-state index is 0.0916. The fourth-order valence-electron chi connectivity index (χ4n) is 1.30. The number of likely N-dealkylation sites (N-methyl/N-ethyl adjacent to an activating group) is 1. The van der Waals surface area contributed by atoms with Gasteiger partial charge in [-0.05, 0) is 31.3 Å². The Morgan fingerprint density at radius 1 is 1.41 bits per heavy atom. The second-order valence-corrected chi connectivity index (χ2v) is 5.13. The molecule has 1 amide bonds. The summed E-state index contributed by atoms with van der Waals surface area (Å²) in [6.45, 7) is 0.691. The largest absolute Gasteiger partial charge is 0.392 e. The van der Waals surface area contributed by atoms with Crippen molar-refractivity contribution >= 4 is 44.7 Å². The molecule has 0 fully saturated rings. The molecule has 17 heavy (non-hydrogen) atoms. The van der Waals surface area contributed by atoms with Gasteiger partial charge in [-0.2, -0.15) is 0 Å². The van der Waals surface area contributed by atoms with Crippen LogP contribution in [0.3, 0.4) is 0 Å². The lowest BCUT2D eigenvalue weighted by atomic mass is 10.3. The molecule has 3 N–H and O–H groups in total. The topological polar surface area (TPSA) is 58.4 Å². The molecule has 1 rings (SSSR count). The molecule has 0 heterocycles. The average Bonchev–Trinajstić information content (AvgIpc) is 2.19. The molecule has 0 bridgehead atoms. The Kier molecular flexibility index (Phi) is 5.54. The van der Waals surface area contributed by atoms with E-state index >= 15 is 0 Å². The van der Waals surface area contributed by atoms with Gasteiger partial charge in [-0.15, -0.1) is 0 Å². The van der Waals surface area contributed by atoms with Crippen molar-refractivity contribution in [3.63, 3.8) is 0 Å². The molecule has 1 aromatic rings. The van der Waals surface area contributed by atoms with Crippen LogP contribution in [0.25, 0.3) is 0 Å². The van der Waals surface area contributed by atoms with Crippen LogP contribution in [0.15, 0.2) is 28.7 Å². The zero-order valence-electron chi connectivity index (χ0n) is 9.44. The molecule has 0 spiro atoms. The lowest BCUT2D eigenvalue weighted by Crippen LogP contribution is -2.35. The van der Waals surface area contributed by atoms with Crippen molar-refractivity contribution in [3.05, 3.63) is 28.7 Å². The van der Waals surface area contributed by atoms with E-state index in [1.54, 1.807) is 11.9 Å². The van der Waals surface area contributed by atoms with Gasteiger partial charge in [-0.3, -0.25) is 9.69 Å². The quantitative estimate of drug-likeness (QED) is 0.810. The number of hydrogen-bond acceptors (Lipinski definition) is 3. The van der Waals surface area contributed by atoms with Crippen molar-refractivity contribution in [2.45, 2.75) is 0 Å². The lowest BCUT2D eigenvalue weighted by Gasteiger charge is -2.15. The summed E-state index contributed by atoms with van der Waals surface area (Å²) >= 11 is 8.10. The van der Waals surface area contributed by atoms with E-state index < -0.39 is 0 Å². The normalized spacial score (nSPS) is 10.3. The number of carbonyl (C=O) groups is 1. The highest BCUT2D eigenvalue weighted by Gasteiger charge is 2.07. The van der Waals surface area contributed by atoms with E-state index in [1.807, 2.05) is 24.3 Å². The van der Waals surface area contributed by atoms with Crippen molar-refractivity contribution in [1.82, 2.24) is 4.90 Å². The van der Waals surface area contributed by atoms with Gasteiger partial charge in [0.25, 0.3) is 0 Å². The predicted molar refractivity (Wildman–Crippen MR) is 77.1 cm³/mol. The first-order chi connectivity index (χ1) is 7.97. The number of rotatable bonds is 5. The summed E-state index contributed by atoms with van der Waals surface area (Å²) in [6.07, 6.45) is 0. The molecule has 0 saturated heterocycles. The highest BCUT2D eigenvalue weighted by Crippen LogP contribution is 2.13. The number of amides is 1. The maximum atomic E-state index is 11.6. The van der Waals surface area contributed by atoms with Gasteiger partial charge in [0, 0.05) is 16.7 Å². The number of nitrogens with one attached hydrogen (secondary N) is 1. The van der Waals surface area contributed by atoms with Crippen LogP contribution in [-0.2, 0) is 4.79 Å². The third-order valence-electron chi connectivity index (χ3n) is 1.97. The van der Waals surface area contributed by atoms with Crippen molar-refractivity contribution < 1.29 is 4.79 Å². The Balaban J connectivity index is 2.44. The standard InChI is InChI=1S/C11H14BrN3OS/c1-15(6-10(13)17)7-11(16)14-9-4-2-8(12)3-5-9/h2-5H,6-7H2,1H3,(H2,13,17)(H,14,16). The van der Waals surface area contributed by atoms with Gasteiger partial charge in [0.05, 0.1) is 11.5 Å². The van der Waals surface area contributed by atoms with Crippen molar-refractivity contribution in [1.29, 1.82) is 0 Å². The molecule has 0 atom stereocenters. The minimum atomic E-state index is -0.0916. The molecule has 1 aromatic carbocycles. The summed E-state index contributed by atoms with van der Waals surface area (Å²) in [4.78, 5) is 13.8. The van der Waals surface area contributed by atoms with Gasteiger partial charge in [0.2, 0.25) is 5.91 Å². The van der Waals surface area contributed by atoms with Crippen LogP contribution in [0, 0.1) is 0 Å². The van der Waals surface area contributed by atoms with Gasteiger partial charge < -0.3 is 11.1 Å². The lowest BCUT2D eigenvalue weighted by molar-refractivity contribution is -0.116. The van der Waals surface area contributed by atoms with E-state index in [0.29, 0.717) is 11.5 Å². The number of anilines is 1. The highest BCUT2D eigenvalue weighted by molar-refractivity contribution is 9.10. The Labute approximate surface area is 114 Å². The summed E-state index contributed by atoms with van der Waals surface area (Å²) in [7, 11) is 1.79. The number of halogens is 1. The van der Waals surface area contributed by atoms with E-state index in [0.717, 1.165) is 10.2 Å². The van der Waals surface area contributed by atoms with E-state index in [2.05, 4.69) is 21.2 Å². The molecular weight excluding hydrogens is 302 g/mol. The van der Waals surface area contributed by atoms with Gasteiger partial charge >= 0.3 is 0 Å². The average molecular weight is 316 g/mol. The maximum Gasteiger partial charge on any atom is 0.238 e. The molecule has 0 aliphatic heterocycles. The van der Waals surface area contributed by atoms with Crippen LogP contribution in [-0.4, -0.2) is 35.9 Å². The molecule has 0 unspecified atom stereocenters. The number of benzene rings is 1. The third kappa shape index (κ3) is 5.76. The smallest absolute Gasteiger partial charge is 0.238 e. The Bertz CT molecular complexity index is 408. The zero-order chi connectivity index (χ0) is 12.8. The molecule has 4 nitrogen and oxygen atoms in total. The zero-order valence-corrected chi connectivity index (χ0v) is 11.8. The first-order valence-corrected chi connectivity index (χ1v) is 6.20. The number of hydrogen-bond donors (Lipinski definition) is 2. The van der Waals surface area contributed by atoms with Crippen LogP contribution in [0.4, 0.5) is 5.69 Å². The Hall–Kier alpha value is -0.980. The summed E-state index contributed by atoms with van der Waals surface area (Å²) in [5.74, 6) is -0.0916. The van der Waals surface area contributed by atoms with Gasteiger partial charge in [-0.1, -0.05) is 28.1 Å². The molecule has 0 aliphatic carbocycles. The monoisotopic (exact) mass is 315 g/mol. The summed E-state index contributed by atoms with van der Waals surface area (Å²) in [5, 5.41) is 2.79. The molecule has 6 heteroatoms. The Morgan fingerprint density at radius 3 is 2.53 bits per heavy atom. The van der Waals surface area contributed by atoms with Crippen molar-refractivity contribution in [3.8, 4) is 0 Å². The van der Waals surface area contributed by atoms with Crippen LogP contribution in [0.2, 0.25) is 0 Å². The van der Waals surface area contributed by atoms with Crippen molar-refractivity contribution in [2.24, 2.45) is 5.73 Å². The SMILES string of the molecule is CN(CC(=O)Nc1ccc(Br)cc1)CC(N)=S. The van der Waals surface area contributed by atoms with Crippen LogP contribution in [0.1, 0.15) is 0 Å². The second-order valence-electron chi connectivity index (χ2n) is 3.69. The van der Waals surface area contributed by atoms with E-state index in [4.69, 9.17) is 18.0 Å². The minimum Gasteiger partial charge on any atom is -0.392 e. The Morgan fingerprint density at radius 2 is 2.00 bits per heavy atom. The molecule has 92 valence electrons. The maximum absolute atomic E-state index is 11.6. The molecule has 0 aromatic heterocycles. The fourth-order valence-corrected chi connectivity index (χ4v) is 1.79. The van der Waals surface area contributed by atoms with Crippen LogP contribution < -0.4 is 11.1 Å². The second kappa shape index (κ2) is 6.68. The third-order valence-corrected chi connectivity index (χ3v) is 2.63. The number of thiocarbonyl (C=S) groups is 1. The highest BCUT2D eigenvalue weighted by atomic mass is 79.9.